The van der Waals surface area contributed by atoms with Crippen molar-refractivity contribution in [1.29, 1.82) is 0 Å². The molecule has 0 saturated heterocycles. The smallest absolute Gasteiger partial charge is 0.343 e. The van der Waals surface area contributed by atoms with Gasteiger partial charge >= 0.3 is 5.97 Å². The van der Waals surface area contributed by atoms with E-state index >= 15 is 0 Å². The number of nitrogens with zero attached hydrogens (tertiary/aromatic N) is 2. The van der Waals surface area contributed by atoms with Crippen LogP contribution in [-0.4, -0.2) is 48.1 Å². The lowest BCUT2D eigenvalue weighted by Gasteiger charge is -2.20. The molecule has 182 valence electrons. The number of hydrogen-bond acceptors (Lipinski definition) is 5. The molecule has 0 N–H and O–H groups in total. The molecular formula is C26H24ClFN2O5. The number of ether oxygens (including phenoxy) is 2. The average molecular weight is 499 g/mol. The Labute approximate surface area is 206 Å². The zero-order valence-electron chi connectivity index (χ0n) is 19.1. The lowest BCUT2D eigenvalue weighted by Crippen LogP contribution is -2.34. The van der Waals surface area contributed by atoms with Gasteiger partial charge in [0.25, 0.3) is 11.5 Å². The van der Waals surface area contributed by atoms with Crippen molar-refractivity contribution in [3.8, 4) is 5.75 Å². The summed E-state index contributed by atoms with van der Waals surface area (Å²) in [5, 5.41) is 0.345. The van der Waals surface area contributed by atoms with Gasteiger partial charge in [-0.25, -0.2) is 9.18 Å². The van der Waals surface area contributed by atoms with Crippen LogP contribution in [0.2, 0.25) is 5.02 Å². The first-order valence-electron chi connectivity index (χ1n) is 11.2. The van der Waals surface area contributed by atoms with Crippen LogP contribution in [-0.2, 0) is 24.1 Å². The minimum Gasteiger partial charge on any atom is -0.492 e. The molecule has 9 heteroatoms. The Kier molecular flexibility index (Phi) is 7.51. The number of benzene rings is 2. The normalized spacial score (nSPS) is 13.1. The van der Waals surface area contributed by atoms with E-state index in [1.54, 1.807) is 47.4 Å². The maximum Gasteiger partial charge on any atom is 0.343 e. The van der Waals surface area contributed by atoms with Crippen molar-refractivity contribution in [1.82, 2.24) is 9.47 Å². The second kappa shape index (κ2) is 10.7. The first kappa shape index (κ1) is 24.5. The van der Waals surface area contributed by atoms with E-state index < -0.39 is 5.97 Å². The topological polar surface area (TPSA) is 77.8 Å². The van der Waals surface area contributed by atoms with Gasteiger partial charge in [0.05, 0.1) is 24.3 Å². The van der Waals surface area contributed by atoms with E-state index in [9.17, 15) is 18.8 Å². The number of rotatable bonds is 6. The Hall–Kier alpha value is -3.65. The zero-order chi connectivity index (χ0) is 24.9. The van der Waals surface area contributed by atoms with Gasteiger partial charge in [0.2, 0.25) is 0 Å². The van der Waals surface area contributed by atoms with Crippen molar-refractivity contribution in [2.75, 3.05) is 26.8 Å². The number of pyridine rings is 1. The molecule has 2 heterocycles. The molecule has 0 bridgehead atoms. The van der Waals surface area contributed by atoms with Crippen molar-refractivity contribution in [2.24, 2.45) is 0 Å². The summed E-state index contributed by atoms with van der Waals surface area (Å²) in [7, 11) is 1.25. The van der Waals surface area contributed by atoms with Crippen LogP contribution in [0.25, 0.3) is 0 Å². The van der Waals surface area contributed by atoms with Gasteiger partial charge < -0.3 is 18.9 Å². The molecule has 7 nitrogen and oxygen atoms in total. The van der Waals surface area contributed by atoms with E-state index in [0.29, 0.717) is 21.8 Å². The molecule has 0 atom stereocenters. The van der Waals surface area contributed by atoms with Gasteiger partial charge in [-0.2, -0.15) is 0 Å². The molecule has 0 aliphatic carbocycles. The third kappa shape index (κ3) is 5.22. The Morgan fingerprint density at radius 2 is 1.80 bits per heavy atom. The highest BCUT2D eigenvalue weighted by molar-refractivity contribution is 6.33. The molecule has 1 amide bonds. The molecule has 4 rings (SSSR count). The van der Waals surface area contributed by atoms with Crippen LogP contribution in [0.15, 0.2) is 59.4 Å². The second-order valence-electron chi connectivity index (χ2n) is 8.02. The third-order valence-electron chi connectivity index (χ3n) is 5.96. The van der Waals surface area contributed by atoms with Crippen molar-refractivity contribution < 1.29 is 23.5 Å². The van der Waals surface area contributed by atoms with Gasteiger partial charge in [-0.15, -0.1) is 0 Å². The van der Waals surface area contributed by atoms with Gasteiger partial charge in [0.1, 0.15) is 17.1 Å². The largest absolute Gasteiger partial charge is 0.492 e. The highest BCUT2D eigenvalue weighted by atomic mass is 35.5. The lowest BCUT2D eigenvalue weighted by atomic mass is 10.1. The molecule has 1 aromatic heterocycles. The number of amides is 1. The third-order valence-corrected chi connectivity index (χ3v) is 6.29. The summed E-state index contributed by atoms with van der Waals surface area (Å²) in [5.74, 6) is -1.18. The summed E-state index contributed by atoms with van der Waals surface area (Å²) >= 11 is 6.20. The fourth-order valence-electron chi connectivity index (χ4n) is 4.17. The number of fused-ring (bicyclic) bond motifs is 1. The highest BCUT2D eigenvalue weighted by Gasteiger charge is 2.28. The fraction of sp³-hybridized carbons (Fsp3) is 0.269. The standard InChI is InChI=1S/C26H24ClFN2O5/c1-34-26(33)24-21-10-12-29(25(32)18-7-3-4-8-19(18)27)13-14-30(21)23(31)16-22(24)35-15-11-17-6-2-5-9-20(17)28/h2-9,16H,10-15H2,1H3. The number of hydrogen-bond donors (Lipinski definition) is 0. The monoisotopic (exact) mass is 498 g/mol. The van der Waals surface area contributed by atoms with Crippen LogP contribution < -0.4 is 10.3 Å². The fourth-order valence-corrected chi connectivity index (χ4v) is 4.38. The summed E-state index contributed by atoms with van der Waals surface area (Å²) in [5.41, 5.74) is 1.04. The first-order chi connectivity index (χ1) is 16.9. The zero-order valence-corrected chi connectivity index (χ0v) is 19.9. The van der Waals surface area contributed by atoms with Crippen LogP contribution in [0.4, 0.5) is 4.39 Å². The molecule has 1 aliphatic rings. The summed E-state index contributed by atoms with van der Waals surface area (Å²) < 4.78 is 26.2. The van der Waals surface area contributed by atoms with E-state index in [1.807, 2.05) is 0 Å². The average Bonchev–Trinajstić information content (AvgIpc) is 3.08. The van der Waals surface area contributed by atoms with Crippen molar-refractivity contribution in [2.45, 2.75) is 19.4 Å². The summed E-state index contributed by atoms with van der Waals surface area (Å²) in [4.78, 5) is 40.3. The minimum atomic E-state index is -0.652. The van der Waals surface area contributed by atoms with Gasteiger partial charge in [0.15, 0.2) is 0 Å². The first-order valence-corrected chi connectivity index (χ1v) is 11.5. The number of carbonyl (C=O) groups excluding carboxylic acids is 2. The van der Waals surface area contributed by atoms with Crippen molar-refractivity contribution in [3.63, 3.8) is 0 Å². The molecule has 0 radical (unpaired) electrons. The van der Waals surface area contributed by atoms with E-state index in [4.69, 9.17) is 21.1 Å². The second-order valence-corrected chi connectivity index (χ2v) is 8.43. The Bertz CT molecular complexity index is 1320. The minimum absolute atomic E-state index is 0.0605. The van der Waals surface area contributed by atoms with Gasteiger partial charge in [-0.1, -0.05) is 41.9 Å². The van der Waals surface area contributed by atoms with Crippen molar-refractivity contribution >= 4 is 23.5 Å². The van der Waals surface area contributed by atoms with Crippen LogP contribution in [0.5, 0.6) is 5.75 Å². The van der Waals surface area contributed by atoms with Crippen LogP contribution >= 0.6 is 11.6 Å². The number of halogens is 2. The SMILES string of the molecule is COC(=O)c1c(OCCc2ccccc2F)cc(=O)n2c1CCN(C(=O)c1ccccc1Cl)CC2. The van der Waals surface area contributed by atoms with Crippen LogP contribution in [0.1, 0.15) is 32.0 Å². The number of carbonyl (C=O) groups is 2. The van der Waals surface area contributed by atoms with Gasteiger partial charge in [-0.3, -0.25) is 9.59 Å². The maximum atomic E-state index is 13.9. The number of aromatic nitrogens is 1. The number of esters is 1. The molecule has 0 fully saturated rings. The maximum absolute atomic E-state index is 13.9. The van der Waals surface area contributed by atoms with E-state index in [1.165, 1.54) is 23.8 Å². The quantitative estimate of drug-likeness (QED) is 0.484. The molecular weight excluding hydrogens is 475 g/mol. The Balaban J connectivity index is 1.60. The van der Waals surface area contributed by atoms with Gasteiger partial charge in [-0.05, 0) is 23.8 Å². The molecule has 3 aromatic rings. The molecule has 0 spiro atoms. The van der Waals surface area contributed by atoms with E-state index in [2.05, 4.69) is 0 Å². The summed E-state index contributed by atoms with van der Waals surface area (Å²) in [6.45, 7) is 0.798. The van der Waals surface area contributed by atoms with Crippen LogP contribution in [0, 0.1) is 5.82 Å². The van der Waals surface area contributed by atoms with E-state index in [0.717, 1.165) is 0 Å². The molecule has 0 saturated carbocycles. The Morgan fingerprint density at radius 3 is 2.54 bits per heavy atom. The molecule has 2 aromatic carbocycles. The summed E-state index contributed by atoms with van der Waals surface area (Å²) in [6, 6.07) is 14.3. The van der Waals surface area contributed by atoms with Gasteiger partial charge in [0, 0.05) is 44.2 Å². The molecule has 1 aliphatic heterocycles. The predicted octanol–water partition coefficient (Wildman–Crippen LogP) is 3.75. The number of methoxy groups -OCH3 is 1. The highest BCUT2D eigenvalue weighted by Crippen LogP contribution is 2.25. The molecule has 0 unspecified atom stereocenters. The van der Waals surface area contributed by atoms with Crippen molar-refractivity contribution in [3.05, 3.63) is 98.2 Å². The van der Waals surface area contributed by atoms with Crippen LogP contribution in [0.3, 0.4) is 0 Å². The predicted molar refractivity (Wildman–Crippen MR) is 129 cm³/mol. The lowest BCUT2D eigenvalue weighted by molar-refractivity contribution is 0.0593. The Morgan fingerprint density at radius 1 is 1.06 bits per heavy atom. The van der Waals surface area contributed by atoms with E-state index in [-0.39, 0.29) is 67.7 Å². The molecule has 35 heavy (non-hydrogen) atoms. The summed E-state index contributed by atoms with van der Waals surface area (Å²) in [6.07, 6.45) is 0.492.